The van der Waals surface area contributed by atoms with Gasteiger partial charge in [0.2, 0.25) is 0 Å². The first kappa shape index (κ1) is 12.6. The van der Waals surface area contributed by atoms with E-state index in [1.165, 1.54) is 18.2 Å². The maximum atomic E-state index is 13.5. The molecular formula is C14H14F2N2. The number of halogens is 2. The van der Waals surface area contributed by atoms with Crippen molar-refractivity contribution in [3.8, 4) is 0 Å². The molecule has 2 aromatic rings. The van der Waals surface area contributed by atoms with E-state index in [2.05, 4.69) is 4.98 Å². The zero-order valence-corrected chi connectivity index (χ0v) is 10.0. The third-order valence-electron chi connectivity index (χ3n) is 2.85. The normalized spacial score (nSPS) is 12.4. The maximum absolute atomic E-state index is 13.5. The standard InChI is InChI=1S/C14H14F2N2/c1-9-5-6-10(8-18-9)14(17)7-11-12(15)3-2-4-13(11)16/h2-6,8,14H,7,17H2,1H3. The molecule has 1 aromatic heterocycles. The van der Waals surface area contributed by atoms with E-state index in [1.54, 1.807) is 6.20 Å². The van der Waals surface area contributed by atoms with Gasteiger partial charge in [-0.25, -0.2) is 8.78 Å². The maximum Gasteiger partial charge on any atom is 0.129 e. The molecular weight excluding hydrogens is 234 g/mol. The summed E-state index contributed by atoms with van der Waals surface area (Å²) >= 11 is 0. The fraction of sp³-hybridized carbons (Fsp3) is 0.214. The van der Waals surface area contributed by atoms with Crippen LogP contribution in [0, 0.1) is 18.6 Å². The van der Waals surface area contributed by atoms with Crippen molar-refractivity contribution in [2.75, 3.05) is 0 Å². The number of hydrogen-bond acceptors (Lipinski definition) is 2. The predicted octanol–water partition coefficient (Wildman–Crippen LogP) is 2.91. The lowest BCUT2D eigenvalue weighted by Crippen LogP contribution is -2.15. The summed E-state index contributed by atoms with van der Waals surface area (Å²) in [6, 6.07) is 6.99. The van der Waals surface area contributed by atoms with Gasteiger partial charge >= 0.3 is 0 Å². The number of aryl methyl sites for hydroxylation is 1. The van der Waals surface area contributed by atoms with E-state index in [-0.39, 0.29) is 12.0 Å². The molecule has 1 aromatic carbocycles. The Balaban J connectivity index is 2.21. The summed E-state index contributed by atoms with van der Waals surface area (Å²) in [7, 11) is 0. The Morgan fingerprint density at radius 2 is 1.83 bits per heavy atom. The molecule has 0 radical (unpaired) electrons. The van der Waals surface area contributed by atoms with Crippen LogP contribution in [0.1, 0.15) is 22.9 Å². The molecule has 0 bridgehead atoms. The second-order valence-electron chi connectivity index (χ2n) is 4.24. The molecule has 0 saturated heterocycles. The lowest BCUT2D eigenvalue weighted by atomic mass is 10.00. The lowest BCUT2D eigenvalue weighted by Gasteiger charge is -2.13. The summed E-state index contributed by atoms with van der Waals surface area (Å²) < 4.78 is 27.0. The molecule has 0 fully saturated rings. The summed E-state index contributed by atoms with van der Waals surface area (Å²) in [6.07, 6.45) is 1.75. The Bertz CT molecular complexity index is 518. The average Bonchev–Trinajstić information content (AvgIpc) is 2.34. The largest absolute Gasteiger partial charge is 0.324 e. The second kappa shape index (κ2) is 5.23. The minimum absolute atomic E-state index is 0.0191. The van der Waals surface area contributed by atoms with E-state index in [0.717, 1.165) is 11.3 Å². The zero-order valence-electron chi connectivity index (χ0n) is 10.0. The van der Waals surface area contributed by atoms with Crippen LogP contribution in [-0.4, -0.2) is 4.98 Å². The van der Waals surface area contributed by atoms with Gasteiger partial charge in [-0.3, -0.25) is 4.98 Å². The molecule has 0 saturated carbocycles. The molecule has 2 rings (SSSR count). The van der Waals surface area contributed by atoms with Gasteiger partial charge < -0.3 is 5.73 Å². The molecule has 94 valence electrons. The number of nitrogens with two attached hydrogens (primary N) is 1. The van der Waals surface area contributed by atoms with E-state index in [4.69, 9.17) is 5.73 Å². The average molecular weight is 248 g/mol. The van der Waals surface area contributed by atoms with Gasteiger partial charge in [0.25, 0.3) is 0 Å². The first-order valence-electron chi connectivity index (χ1n) is 5.69. The summed E-state index contributed by atoms with van der Waals surface area (Å²) in [5.41, 5.74) is 7.61. The minimum atomic E-state index is -0.564. The SMILES string of the molecule is Cc1ccc(C(N)Cc2c(F)cccc2F)cn1. The van der Waals surface area contributed by atoms with Gasteiger partial charge in [0, 0.05) is 23.5 Å². The van der Waals surface area contributed by atoms with Crippen molar-refractivity contribution in [2.45, 2.75) is 19.4 Å². The van der Waals surface area contributed by atoms with Gasteiger partial charge in [-0.15, -0.1) is 0 Å². The van der Waals surface area contributed by atoms with Gasteiger partial charge in [0.15, 0.2) is 0 Å². The van der Waals surface area contributed by atoms with Crippen molar-refractivity contribution in [1.82, 2.24) is 4.98 Å². The number of nitrogens with zero attached hydrogens (tertiary/aromatic N) is 1. The van der Waals surface area contributed by atoms with Gasteiger partial charge in [0.05, 0.1) is 0 Å². The second-order valence-corrected chi connectivity index (χ2v) is 4.24. The van der Waals surface area contributed by atoms with Gasteiger partial charge in [0.1, 0.15) is 11.6 Å². The Hall–Kier alpha value is -1.81. The molecule has 0 aliphatic rings. The van der Waals surface area contributed by atoms with E-state index >= 15 is 0 Å². The third kappa shape index (κ3) is 2.71. The summed E-state index contributed by atoms with van der Waals surface area (Å²) in [5.74, 6) is -1.13. The number of rotatable bonds is 3. The van der Waals surface area contributed by atoms with Crippen molar-refractivity contribution in [3.63, 3.8) is 0 Å². The molecule has 1 heterocycles. The van der Waals surface area contributed by atoms with Crippen LogP contribution in [0.15, 0.2) is 36.5 Å². The van der Waals surface area contributed by atoms with Crippen LogP contribution in [0.3, 0.4) is 0 Å². The number of benzene rings is 1. The first-order chi connectivity index (χ1) is 8.58. The molecule has 1 unspecified atom stereocenters. The van der Waals surface area contributed by atoms with E-state index in [9.17, 15) is 8.78 Å². The predicted molar refractivity (Wildman–Crippen MR) is 66.0 cm³/mol. The van der Waals surface area contributed by atoms with Crippen LogP contribution >= 0.6 is 0 Å². The van der Waals surface area contributed by atoms with Gasteiger partial charge in [-0.2, -0.15) is 0 Å². The smallest absolute Gasteiger partial charge is 0.129 e. The van der Waals surface area contributed by atoms with Gasteiger partial charge in [-0.1, -0.05) is 12.1 Å². The Morgan fingerprint density at radius 3 is 2.39 bits per heavy atom. The molecule has 18 heavy (non-hydrogen) atoms. The van der Waals surface area contributed by atoms with Crippen LogP contribution in [0.25, 0.3) is 0 Å². The fourth-order valence-corrected chi connectivity index (χ4v) is 1.76. The molecule has 4 heteroatoms. The summed E-state index contributed by atoms with van der Waals surface area (Å²) in [6.45, 7) is 1.87. The van der Waals surface area contributed by atoms with Crippen molar-refractivity contribution < 1.29 is 8.78 Å². The van der Waals surface area contributed by atoms with E-state index in [1.807, 2.05) is 19.1 Å². The molecule has 1 atom stereocenters. The third-order valence-corrected chi connectivity index (χ3v) is 2.85. The Kier molecular flexibility index (Phi) is 3.67. The van der Waals surface area contributed by atoms with Crippen LogP contribution in [0.2, 0.25) is 0 Å². The molecule has 0 aliphatic carbocycles. The van der Waals surface area contributed by atoms with Crippen LogP contribution in [0.5, 0.6) is 0 Å². The van der Waals surface area contributed by atoms with E-state index < -0.39 is 17.7 Å². The Labute approximate surface area is 104 Å². The summed E-state index contributed by atoms with van der Waals surface area (Å²) in [5, 5.41) is 0. The lowest BCUT2D eigenvalue weighted by molar-refractivity contribution is 0.539. The number of hydrogen-bond donors (Lipinski definition) is 1. The number of pyridine rings is 1. The molecule has 0 aliphatic heterocycles. The highest BCUT2D eigenvalue weighted by Crippen LogP contribution is 2.20. The number of aromatic nitrogens is 1. The van der Waals surface area contributed by atoms with Crippen LogP contribution < -0.4 is 5.73 Å². The monoisotopic (exact) mass is 248 g/mol. The molecule has 0 spiro atoms. The quantitative estimate of drug-likeness (QED) is 0.907. The molecule has 2 N–H and O–H groups in total. The minimum Gasteiger partial charge on any atom is -0.324 e. The summed E-state index contributed by atoms with van der Waals surface area (Å²) in [4.78, 5) is 4.12. The van der Waals surface area contributed by atoms with Crippen molar-refractivity contribution in [2.24, 2.45) is 5.73 Å². The Morgan fingerprint density at radius 1 is 1.17 bits per heavy atom. The fourth-order valence-electron chi connectivity index (χ4n) is 1.76. The first-order valence-corrected chi connectivity index (χ1v) is 5.69. The zero-order chi connectivity index (χ0) is 13.1. The highest BCUT2D eigenvalue weighted by Gasteiger charge is 2.14. The molecule has 0 amide bonds. The highest BCUT2D eigenvalue weighted by atomic mass is 19.1. The van der Waals surface area contributed by atoms with E-state index in [0.29, 0.717) is 0 Å². The van der Waals surface area contributed by atoms with Crippen LogP contribution in [-0.2, 0) is 6.42 Å². The van der Waals surface area contributed by atoms with Crippen molar-refractivity contribution in [1.29, 1.82) is 0 Å². The molecule has 2 nitrogen and oxygen atoms in total. The van der Waals surface area contributed by atoms with Crippen molar-refractivity contribution >= 4 is 0 Å². The van der Waals surface area contributed by atoms with Crippen molar-refractivity contribution in [3.05, 3.63) is 65.0 Å². The van der Waals surface area contributed by atoms with Crippen LogP contribution in [0.4, 0.5) is 8.78 Å². The van der Waals surface area contributed by atoms with Gasteiger partial charge in [-0.05, 0) is 37.1 Å². The highest BCUT2D eigenvalue weighted by molar-refractivity contribution is 5.24. The topological polar surface area (TPSA) is 38.9 Å².